The van der Waals surface area contributed by atoms with Crippen LogP contribution in [0.2, 0.25) is 0 Å². The van der Waals surface area contributed by atoms with Crippen molar-refractivity contribution >= 4 is 5.69 Å². The molecule has 0 saturated carbocycles. The van der Waals surface area contributed by atoms with Gasteiger partial charge in [0.05, 0.1) is 4.92 Å². The van der Waals surface area contributed by atoms with Gasteiger partial charge in [0, 0.05) is 30.9 Å². The van der Waals surface area contributed by atoms with E-state index in [1.807, 2.05) is 0 Å². The number of nitro benzene ring substituents is 1. The molecule has 92 valence electrons. The third kappa shape index (κ3) is 3.01. The average Bonchev–Trinajstić information content (AvgIpc) is 2.30. The van der Waals surface area contributed by atoms with Crippen molar-refractivity contribution in [2.45, 2.75) is 24.8 Å². The van der Waals surface area contributed by atoms with E-state index in [-0.39, 0.29) is 11.2 Å². The lowest BCUT2D eigenvalue weighted by atomic mass is 9.85. The largest absolute Gasteiger partial charge is 0.381 e. The minimum atomic E-state index is -0.392. The van der Waals surface area contributed by atoms with Gasteiger partial charge < -0.3 is 10.5 Å². The van der Waals surface area contributed by atoms with Crippen molar-refractivity contribution in [3.05, 3.63) is 39.9 Å². The van der Waals surface area contributed by atoms with Gasteiger partial charge in [-0.3, -0.25) is 10.1 Å². The zero-order chi connectivity index (χ0) is 12.3. The zero-order valence-corrected chi connectivity index (χ0v) is 9.59. The van der Waals surface area contributed by atoms with Crippen molar-refractivity contribution in [1.29, 1.82) is 0 Å². The van der Waals surface area contributed by atoms with E-state index >= 15 is 0 Å². The molecular formula is C12H16N2O3. The molecule has 1 heterocycles. The van der Waals surface area contributed by atoms with Crippen LogP contribution in [0.15, 0.2) is 24.3 Å². The van der Waals surface area contributed by atoms with E-state index in [2.05, 4.69) is 0 Å². The van der Waals surface area contributed by atoms with Crippen LogP contribution in [0.1, 0.15) is 18.4 Å². The molecule has 5 heteroatoms. The Balaban J connectivity index is 2.05. The molecule has 0 aliphatic carbocycles. The summed E-state index contributed by atoms with van der Waals surface area (Å²) in [5.41, 5.74) is 7.21. The molecule has 2 rings (SSSR count). The summed E-state index contributed by atoms with van der Waals surface area (Å²) in [4.78, 5) is 10.1. The van der Waals surface area contributed by atoms with Crippen molar-refractivity contribution in [3.8, 4) is 0 Å². The molecule has 1 aliphatic rings. The lowest BCUT2D eigenvalue weighted by Gasteiger charge is -2.33. The number of rotatable bonds is 3. The number of hydrogen-bond donors (Lipinski definition) is 1. The predicted molar refractivity (Wildman–Crippen MR) is 63.8 cm³/mol. The van der Waals surface area contributed by atoms with Gasteiger partial charge in [-0.15, -0.1) is 0 Å². The number of nitrogens with zero attached hydrogens (tertiary/aromatic N) is 1. The zero-order valence-electron chi connectivity index (χ0n) is 9.59. The summed E-state index contributed by atoms with van der Waals surface area (Å²) >= 11 is 0. The Hall–Kier alpha value is -1.46. The molecule has 0 radical (unpaired) electrons. The first-order valence-electron chi connectivity index (χ1n) is 5.69. The first-order chi connectivity index (χ1) is 8.09. The Bertz CT molecular complexity index is 397. The van der Waals surface area contributed by atoms with E-state index < -0.39 is 4.92 Å². The maximum atomic E-state index is 10.5. The molecule has 0 bridgehead atoms. The Morgan fingerprint density at radius 2 is 1.88 bits per heavy atom. The second-order valence-electron chi connectivity index (χ2n) is 4.58. The highest BCUT2D eigenvalue weighted by molar-refractivity contribution is 5.33. The maximum absolute atomic E-state index is 10.5. The molecule has 0 spiro atoms. The Labute approximate surface area is 99.7 Å². The van der Waals surface area contributed by atoms with Gasteiger partial charge in [-0.1, -0.05) is 12.1 Å². The SMILES string of the molecule is NC1(Cc2ccc([N+](=O)[O-])cc2)CCOCC1. The summed E-state index contributed by atoms with van der Waals surface area (Å²) in [6, 6.07) is 6.61. The molecule has 0 atom stereocenters. The van der Waals surface area contributed by atoms with Crippen molar-refractivity contribution in [2.24, 2.45) is 5.73 Å². The topological polar surface area (TPSA) is 78.4 Å². The van der Waals surface area contributed by atoms with E-state index in [0.717, 1.165) is 24.8 Å². The van der Waals surface area contributed by atoms with Gasteiger partial charge in [-0.25, -0.2) is 0 Å². The van der Waals surface area contributed by atoms with Crippen LogP contribution < -0.4 is 5.73 Å². The predicted octanol–water partition coefficient (Wildman–Crippen LogP) is 1.65. The van der Waals surface area contributed by atoms with Gasteiger partial charge >= 0.3 is 0 Å². The third-order valence-corrected chi connectivity index (χ3v) is 3.19. The Kier molecular flexibility index (Phi) is 3.40. The summed E-state index contributed by atoms with van der Waals surface area (Å²) in [7, 11) is 0. The van der Waals surface area contributed by atoms with Crippen LogP contribution in [0.3, 0.4) is 0 Å². The van der Waals surface area contributed by atoms with E-state index in [1.54, 1.807) is 12.1 Å². The van der Waals surface area contributed by atoms with Crippen LogP contribution in [-0.4, -0.2) is 23.7 Å². The number of nitro groups is 1. The summed E-state index contributed by atoms with van der Waals surface area (Å²) in [6.45, 7) is 1.40. The van der Waals surface area contributed by atoms with Crippen molar-refractivity contribution in [1.82, 2.24) is 0 Å². The molecule has 17 heavy (non-hydrogen) atoms. The van der Waals surface area contributed by atoms with Gasteiger partial charge in [-0.05, 0) is 24.8 Å². The molecule has 5 nitrogen and oxygen atoms in total. The Morgan fingerprint density at radius 1 is 1.29 bits per heavy atom. The minimum Gasteiger partial charge on any atom is -0.381 e. The maximum Gasteiger partial charge on any atom is 0.269 e. The fourth-order valence-electron chi connectivity index (χ4n) is 2.10. The van der Waals surface area contributed by atoms with Crippen LogP contribution in [0.4, 0.5) is 5.69 Å². The molecule has 1 aromatic carbocycles. The molecule has 1 saturated heterocycles. The quantitative estimate of drug-likeness (QED) is 0.639. The number of ether oxygens (including phenoxy) is 1. The van der Waals surface area contributed by atoms with Gasteiger partial charge in [0.1, 0.15) is 0 Å². The molecule has 0 amide bonds. The molecule has 1 aromatic rings. The Morgan fingerprint density at radius 3 is 2.41 bits per heavy atom. The van der Waals surface area contributed by atoms with Gasteiger partial charge in [0.15, 0.2) is 0 Å². The number of benzene rings is 1. The number of nitrogens with two attached hydrogens (primary N) is 1. The summed E-state index contributed by atoms with van der Waals surface area (Å²) in [5.74, 6) is 0. The monoisotopic (exact) mass is 236 g/mol. The standard InChI is InChI=1S/C12H16N2O3/c13-12(5-7-17-8-6-12)9-10-1-3-11(4-2-10)14(15)16/h1-4H,5-9,13H2. The fourth-order valence-corrected chi connectivity index (χ4v) is 2.10. The summed E-state index contributed by atoms with van der Waals surface area (Å²) in [5, 5.41) is 10.5. The lowest BCUT2D eigenvalue weighted by Crippen LogP contribution is -2.46. The molecule has 1 aliphatic heterocycles. The fraction of sp³-hybridized carbons (Fsp3) is 0.500. The third-order valence-electron chi connectivity index (χ3n) is 3.19. The normalized spacial score (nSPS) is 18.9. The van der Waals surface area contributed by atoms with Crippen LogP contribution in [0, 0.1) is 10.1 Å². The van der Waals surface area contributed by atoms with Crippen molar-refractivity contribution in [3.63, 3.8) is 0 Å². The first-order valence-corrected chi connectivity index (χ1v) is 5.69. The summed E-state index contributed by atoms with van der Waals surface area (Å²) < 4.78 is 5.28. The highest BCUT2D eigenvalue weighted by Crippen LogP contribution is 2.23. The van der Waals surface area contributed by atoms with Crippen LogP contribution >= 0.6 is 0 Å². The molecular weight excluding hydrogens is 220 g/mol. The molecule has 2 N–H and O–H groups in total. The van der Waals surface area contributed by atoms with Gasteiger partial charge in [0.2, 0.25) is 0 Å². The average molecular weight is 236 g/mol. The minimum absolute atomic E-state index is 0.117. The lowest BCUT2D eigenvalue weighted by molar-refractivity contribution is -0.384. The van der Waals surface area contributed by atoms with E-state index in [1.165, 1.54) is 12.1 Å². The molecule has 1 fully saturated rings. The first kappa shape index (κ1) is 12.0. The second-order valence-corrected chi connectivity index (χ2v) is 4.58. The van der Waals surface area contributed by atoms with E-state index in [9.17, 15) is 10.1 Å². The number of non-ortho nitro benzene ring substituents is 1. The second kappa shape index (κ2) is 4.81. The highest BCUT2D eigenvalue weighted by Gasteiger charge is 2.28. The van der Waals surface area contributed by atoms with Crippen LogP contribution in [-0.2, 0) is 11.2 Å². The van der Waals surface area contributed by atoms with Crippen molar-refractivity contribution in [2.75, 3.05) is 13.2 Å². The van der Waals surface area contributed by atoms with Gasteiger partial charge in [-0.2, -0.15) is 0 Å². The highest BCUT2D eigenvalue weighted by atomic mass is 16.6. The van der Waals surface area contributed by atoms with Crippen LogP contribution in [0.5, 0.6) is 0 Å². The summed E-state index contributed by atoms with van der Waals surface area (Å²) in [6.07, 6.45) is 2.42. The van der Waals surface area contributed by atoms with E-state index in [4.69, 9.17) is 10.5 Å². The number of hydrogen-bond acceptors (Lipinski definition) is 4. The molecule has 0 unspecified atom stereocenters. The van der Waals surface area contributed by atoms with Gasteiger partial charge in [0.25, 0.3) is 5.69 Å². The smallest absolute Gasteiger partial charge is 0.269 e. The van der Waals surface area contributed by atoms with Crippen LogP contribution in [0.25, 0.3) is 0 Å². The molecule has 0 aromatic heterocycles. The van der Waals surface area contributed by atoms with Crippen molar-refractivity contribution < 1.29 is 9.66 Å². The van der Waals surface area contributed by atoms with E-state index in [0.29, 0.717) is 13.2 Å².